The van der Waals surface area contributed by atoms with Gasteiger partial charge in [0.15, 0.2) is 0 Å². The number of H-pyrrole nitrogens is 1. The zero-order chi connectivity index (χ0) is 24.8. The Labute approximate surface area is 205 Å². The van der Waals surface area contributed by atoms with E-state index in [0.717, 1.165) is 61.8 Å². The molecule has 2 aliphatic rings. The van der Waals surface area contributed by atoms with Crippen LogP contribution in [0.1, 0.15) is 61.8 Å². The summed E-state index contributed by atoms with van der Waals surface area (Å²) in [6.45, 7) is 2.39. The lowest BCUT2D eigenvalue weighted by molar-refractivity contribution is -0.137. The molecule has 2 aliphatic carbocycles. The van der Waals surface area contributed by atoms with E-state index in [9.17, 15) is 22.8 Å². The number of hydrogen-bond donors (Lipinski definition) is 1. The minimum absolute atomic E-state index is 0.0864. The highest BCUT2D eigenvalue weighted by molar-refractivity contribution is 7.04. The number of hydrogen-bond acceptors (Lipinski definition) is 4. The van der Waals surface area contributed by atoms with Crippen molar-refractivity contribution in [3.63, 3.8) is 0 Å². The maximum absolute atomic E-state index is 12.9. The number of nitrogens with zero attached hydrogens (tertiary/aromatic N) is 2. The lowest BCUT2D eigenvalue weighted by atomic mass is 9.88. The first-order valence-electron chi connectivity index (χ1n) is 12.1. The summed E-state index contributed by atoms with van der Waals surface area (Å²) in [6.07, 6.45) is 4.61. The van der Waals surface area contributed by atoms with Crippen molar-refractivity contribution in [2.24, 2.45) is 11.8 Å². The maximum Gasteiger partial charge on any atom is 0.416 e. The van der Waals surface area contributed by atoms with Gasteiger partial charge in [0.05, 0.1) is 16.8 Å². The molecule has 0 radical (unpaired) electrons. The van der Waals surface area contributed by atoms with Crippen LogP contribution in [0, 0.1) is 18.8 Å². The molecule has 1 aromatic carbocycles. The number of unbranched alkanes of at least 4 members (excludes halogenated alkanes) is 2. The largest absolute Gasteiger partial charge is 0.416 e. The molecule has 3 aromatic rings. The molecule has 1 N–H and O–H groups in total. The van der Waals surface area contributed by atoms with Crippen LogP contribution < -0.4 is 11.2 Å². The third kappa shape index (κ3) is 4.75. The quantitative estimate of drug-likeness (QED) is 0.388. The maximum atomic E-state index is 12.9. The van der Waals surface area contributed by atoms with Crippen molar-refractivity contribution >= 4 is 11.5 Å². The van der Waals surface area contributed by atoms with Gasteiger partial charge in [-0.3, -0.25) is 14.3 Å². The van der Waals surface area contributed by atoms with E-state index in [1.165, 1.54) is 23.7 Å². The first-order valence-corrected chi connectivity index (χ1v) is 12.9. The second-order valence-corrected chi connectivity index (χ2v) is 10.7. The number of nitrogens with one attached hydrogen (secondary N) is 1. The Bertz CT molecular complexity index is 1330. The summed E-state index contributed by atoms with van der Waals surface area (Å²) >= 11 is 1.28. The molecule has 5 rings (SSSR count). The molecule has 9 heteroatoms. The Morgan fingerprint density at radius 1 is 1.11 bits per heavy atom. The summed E-state index contributed by atoms with van der Waals surface area (Å²) in [5.74, 6) is 1.20. The fraction of sp³-hybridized carbons (Fsp3) is 0.500. The lowest BCUT2D eigenvalue weighted by Crippen LogP contribution is -2.30. The second-order valence-electron chi connectivity index (χ2n) is 10.1. The number of aryl methyl sites for hydroxylation is 2. The fourth-order valence-corrected chi connectivity index (χ4v) is 6.65. The van der Waals surface area contributed by atoms with Crippen LogP contribution in [0.25, 0.3) is 11.1 Å². The Balaban J connectivity index is 1.12. The molecule has 186 valence electrons. The Morgan fingerprint density at radius 3 is 2.57 bits per heavy atom. The molecule has 1 unspecified atom stereocenters. The van der Waals surface area contributed by atoms with Crippen molar-refractivity contribution in [1.82, 2.24) is 13.9 Å². The molecular weight excluding hydrogens is 475 g/mol. The molecule has 2 fully saturated rings. The number of alkyl halides is 3. The van der Waals surface area contributed by atoms with E-state index in [1.807, 2.05) is 12.3 Å². The first kappa shape index (κ1) is 24.0. The number of benzene rings is 1. The molecule has 0 aliphatic heterocycles. The number of rotatable bonds is 8. The van der Waals surface area contributed by atoms with Crippen molar-refractivity contribution in [3.05, 3.63) is 73.5 Å². The standard InChI is InChI=1S/C26H28F3N3O2S/c1-16-22(15-35-31-16)21-14-32(24(34)30-23(21)33)10-4-2-3-5-17-11-20-13-25(20,12-17)18-6-8-19(9-7-18)26(27,28)29/h6-9,14-15,17,20H,2-5,10-13H2,1H3,(H,30,33,34)/t17?,20-,25+/m1/s1. The van der Waals surface area contributed by atoms with Crippen LogP contribution in [0.5, 0.6) is 0 Å². The summed E-state index contributed by atoms with van der Waals surface area (Å²) in [6, 6.07) is 5.78. The number of aromatic amines is 1. The highest BCUT2D eigenvalue weighted by atomic mass is 32.1. The zero-order valence-corrected chi connectivity index (χ0v) is 20.3. The van der Waals surface area contributed by atoms with E-state index in [0.29, 0.717) is 23.9 Å². The molecule has 5 nitrogen and oxygen atoms in total. The Morgan fingerprint density at radius 2 is 1.89 bits per heavy atom. The van der Waals surface area contributed by atoms with Crippen LogP contribution in [0.4, 0.5) is 13.2 Å². The van der Waals surface area contributed by atoms with E-state index >= 15 is 0 Å². The summed E-state index contributed by atoms with van der Waals surface area (Å²) in [5.41, 5.74) is 1.77. The van der Waals surface area contributed by atoms with Crippen LogP contribution in [0.2, 0.25) is 0 Å². The molecule has 0 bridgehead atoms. The van der Waals surface area contributed by atoms with E-state index in [2.05, 4.69) is 9.36 Å². The summed E-state index contributed by atoms with van der Waals surface area (Å²) in [5, 5.41) is 1.82. The minimum Gasteiger partial charge on any atom is -0.300 e. The monoisotopic (exact) mass is 503 g/mol. The zero-order valence-electron chi connectivity index (χ0n) is 19.5. The van der Waals surface area contributed by atoms with Gasteiger partial charge < -0.3 is 0 Å². The second kappa shape index (κ2) is 9.08. The van der Waals surface area contributed by atoms with Crippen molar-refractivity contribution in [3.8, 4) is 11.1 Å². The van der Waals surface area contributed by atoms with Gasteiger partial charge in [0, 0.05) is 23.7 Å². The highest BCUT2D eigenvalue weighted by Gasteiger charge is 2.60. The van der Waals surface area contributed by atoms with E-state index < -0.39 is 23.0 Å². The highest BCUT2D eigenvalue weighted by Crippen LogP contribution is 2.66. The molecule has 2 aromatic heterocycles. The molecule has 2 saturated carbocycles. The van der Waals surface area contributed by atoms with Crippen LogP contribution >= 0.6 is 11.5 Å². The predicted octanol–water partition coefficient (Wildman–Crippen LogP) is 5.92. The number of halogens is 3. The summed E-state index contributed by atoms with van der Waals surface area (Å²) in [7, 11) is 0. The van der Waals surface area contributed by atoms with Crippen LogP contribution in [0.15, 0.2) is 45.4 Å². The van der Waals surface area contributed by atoms with E-state index in [-0.39, 0.29) is 5.41 Å². The van der Waals surface area contributed by atoms with Gasteiger partial charge in [-0.05, 0) is 79.1 Å². The van der Waals surface area contributed by atoms with Crippen molar-refractivity contribution < 1.29 is 13.2 Å². The van der Waals surface area contributed by atoms with Crippen LogP contribution in [0.3, 0.4) is 0 Å². The van der Waals surface area contributed by atoms with E-state index in [4.69, 9.17) is 0 Å². The summed E-state index contributed by atoms with van der Waals surface area (Å²) < 4.78 is 44.4. The molecule has 0 amide bonds. The van der Waals surface area contributed by atoms with Crippen LogP contribution in [-0.2, 0) is 18.1 Å². The smallest absolute Gasteiger partial charge is 0.300 e. The SMILES string of the molecule is Cc1nscc1-c1cn(CCCCCC2C[C@@H]3C[C@]3(c3ccc(C(F)(F)F)cc3)C2)c(=O)[nH]c1=O. The lowest BCUT2D eigenvalue weighted by Gasteiger charge is -2.18. The fourth-order valence-electron chi connectivity index (χ4n) is 5.93. The molecular formula is C26H28F3N3O2S. The van der Waals surface area contributed by atoms with Gasteiger partial charge in [-0.2, -0.15) is 17.5 Å². The Hall–Kier alpha value is -2.68. The third-order valence-corrected chi connectivity index (χ3v) is 8.57. The Kier molecular flexibility index (Phi) is 6.23. The van der Waals surface area contributed by atoms with Gasteiger partial charge in [0.1, 0.15) is 0 Å². The number of fused-ring (bicyclic) bond motifs is 1. The van der Waals surface area contributed by atoms with E-state index in [1.54, 1.807) is 22.9 Å². The van der Waals surface area contributed by atoms with Crippen molar-refractivity contribution in [2.75, 3.05) is 0 Å². The third-order valence-electron chi connectivity index (χ3n) is 7.85. The van der Waals surface area contributed by atoms with Gasteiger partial charge in [0.25, 0.3) is 5.56 Å². The first-order chi connectivity index (χ1) is 16.7. The minimum atomic E-state index is -4.29. The molecule has 2 heterocycles. The molecule has 0 spiro atoms. The van der Waals surface area contributed by atoms with Gasteiger partial charge in [-0.15, -0.1) is 0 Å². The van der Waals surface area contributed by atoms with Crippen molar-refractivity contribution in [1.29, 1.82) is 0 Å². The van der Waals surface area contributed by atoms with Crippen LogP contribution in [-0.4, -0.2) is 13.9 Å². The molecule has 3 atom stereocenters. The number of aromatic nitrogens is 3. The summed E-state index contributed by atoms with van der Waals surface area (Å²) in [4.78, 5) is 26.9. The average molecular weight is 504 g/mol. The topological polar surface area (TPSA) is 67.8 Å². The van der Waals surface area contributed by atoms with Crippen molar-refractivity contribution in [2.45, 2.75) is 70.0 Å². The molecule has 0 saturated heterocycles. The van der Waals surface area contributed by atoms with Gasteiger partial charge in [0.2, 0.25) is 0 Å². The molecule has 35 heavy (non-hydrogen) atoms. The van der Waals surface area contributed by atoms with Gasteiger partial charge >= 0.3 is 11.9 Å². The normalized spacial score (nSPS) is 23.4. The van der Waals surface area contributed by atoms with Gasteiger partial charge in [-0.1, -0.05) is 31.4 Å². The predicted molar refractivity (Wildman–Crippen MR) is 130 cm³/mol. The van der Waals surface area contributed by atoms with Gasteiger partial charge in [-0.25, -0.2) is 4.79 Å². The average Bonchev–Trinajstić information content (AvgIpc) is 3.13.